The molecule has 0 saturated carbocycles. The van der Waals surface area contributed by atoms with Crippen molar-refractivity contribution in [2.45, 2.75) is 38.3 Å². The first kappa shape index (κ1) is 10.7. The van der Waals surface area contributed by atoms with Gasteiger partial charge in [0.15, 0.2) is 0 Å². The van der Waals surface area contributed by atoms with E-state index >= 15 is 0 Å². The third-order valence-electron chi connectivity index (χ3n) is 3.33. The van der Waals surface area contributed by atoms with Crippen molar-refractivity contribution in [2.24, 2.45) is 0 Å². The van der Waals surface area contributed by atoms with Gasteiger partial charge >= 0.3 is 0 Å². The van der Waals surface area contributed by atoms with E-state index in [1.54, 1.807) is 0 Å². The van der Waals surface area contributed by atoms with Crippen molar-refractivity contribution in [1.82, 2.24) is 10.2 Å². The first-order valence-electron chi connectivity index (χ1n) is 5.19. The zero-order valence-electron chi connectivity index (χ0n) is 9.14. The van der Waals surface area contributed by atoms with Crippen LogP contribution in [-0.2, 0) is 0 Å². The molecule has 0 amide bonds. The van der Waals surface area contributed by atoms with E-state index < -0.39 is 0 Å². The predicted molar refractivity (Wildman–Crippen MR) is 57.9 cm³/mol. The van der Waals surface area contributed by atoms with Gasteiger partial charge in [0, 0.05) is 11.6 Å². The maximum Gasteiger partial charge on any atom is 0.0412 e. The molecule has 1 heterocycles. The standard InChI is InChI=1S/C11H22N2/c1-5-11(13(4)10(2)3)6-8-12-9-7-11/h5,10,12H,1,6-9H2,2-4H3. The summed E-state index contributed by atoms with van der Waals surface area (Å²) in [4.78, 5) is 2.45. The van der Waals surface area contributed by atoms with Gasteiger partial charge in [-0.1, -0.05) is 6.08 Å². The van der Waals surface area contributed by atoms with Crippen LogP contribution in [0, 0.1) is 0 Å². The van der Waals surface area contributed by atoms with Gasteiger partial charge in [-0.3, -0.25) is 4.90 Å². The fourth-order valence-electron chi connectivity index (χ4n) is 2.07. The van der Waals surface area contributed by atoms with Gasteiger partial charge in [-0.2, -0.15) is 0 Å². The van der Waals surface area contributed by atoms with E-state index in [1.807, 2.05) is 0 Å². The predicted octanol–water partition coefficient (Wildman–Crippen LogP) is 1.63. The van der Waals surface area contributed by atoms with Gasteiger partial charge in [-0.05, 0) is 46.8 Å². The van der Waals surface area contributed by atoms with Crippen LogP contribution < -0.4 is 5.32 Å². The molecule has 0 aromatic heterocycles. The lowest BCUT2D eigenvalue weighted by atomic mass is 9.86. The van der Waals surface area contributed by atoms with Gasteiger partial charge in [-0.25, -0.2) is 0 Å². The molecular weight excluding hydrogens is 160 g/mol. The Morgan fingerprint density at radius 3 is 2.31 bits per heavy atom. The minimum atomic E-state index is 0.236. The summed E-state index contributed by atoms with van der Waals surface area (Å²) in [5, 5.41) is 3.39. The number of likely N-dealkylation sites (N-methyl/N-ethyl adjacent to an activating group) is 1. The molecule has 0 aromatic rings. The van der Waals surface area contributed by atoms with E-state index in [1.165, 1.54) is 12.8 Å². The second kappa shape index (κ2) is 4.25. The molecule has 0 bridgehead atoms. The molecular formula is C11H22N2. The highest BCUT2D eigenvalue weighted by Crippen LogP contribution is 2.27. The van der Waals surface area contributed by atoms with Gasteiger partial charge in [-0.15, -0.1) is 6.58 Å². The molecule has 1 fully saturated rings. The molecule has 76 valence electrons. The Hall–Kier alpha value is -0.340. The highest BCUT2D eigenvalue weighted by Gasteiger charge is 2.33. The molecule has 1 saturated heterocycles. The number of piperidine rings is 1. The monoisotopic (exact) mass is 182 g/mol. The van der Waals surface area contributed by atoms with Crippen molar-refractivity contribution in [3.8, 4) is 0 Å². The Bertz CT molecular complexity index is 169. The molecule has 2 heteroatoms. The molecule has 1 aliphatic rings. The third kappa shape index (κ3) is 2.12. The van der Waals surface area contributed by atoms with Crippen LogP contribution in [0.1, 0.15) is 26.7 Å². The number of nitrogens with one attached hydrogen (secondary N) is 1. The minimum Gasteiger partial charge on any atom is -0.317 e. The minimum absolute atomic E-state index is 0.236. The second-order valence-corrected chi connectivity index (χ2v) is 4.26. The van der Waals surface area contributed by atoms with E-state index in [0.717, 1.165) is 13.1 Å². The van der Waals surface area contributed by atoms with Gasteiger partial charge < -0.3 is 5.32 Å². The summed E-state index contributed by atoms with van der Waals surface area (Å²) in [6.07, 6.45) is 4.50. The molecule has 0 radical (unpaired) electrons. The van der Waals surface area contributed by atoms with Crippen molar-refractivity contribution >= 4 is 0 Å². The Balaban J connectivity index is 2.72. The Morgan fingerprint density at radius 2 is 1.92 bits per heavy atom. The van der Waals surface area contributed by atoms with Crippen LogP contribution in [0.5, 0.6) is 0 Å². The zero-order chi connectivity index (χ0) is 9.90. The van der Waals surface area contributed by atoms with Gasteiger partial charge in [0.1, 0.15) is 0 Å². The maximum atomic E-state index is 3.99. The third-order valence-corrected chi connectivity index (χ3v) is 3.33. The fraction of sp³-hybridized carbons (Fsp3) is 0.818. The van der Waals surface area contributed by atoms with Crippen LogP contribution in [-0.4, -0.2) is 36.6 Å². The first-order chi connectivity index (χ1) is 6.12. The first-order valence-corrected chi connectivity index (χ1v) is 5.19. The van der Waals surface area contributed by atoms with Crippen molar-refractivity contribution in [3.05, 3.63) is 12.7 Å². The smallest absolute Gasteiger partial charge is 0.0412 e. The molecule has 0 unspecified atom stereocenters. The number of hydrogen-bond acceptors (Lipinski definition) is 2. The summed E-state index contributed by atoms with van der Waals surface area (Å²) < 4.78 is 0. The topological polar surface area (TPSA) is 15.3 Å². The molecule has 1 N–H and O–H groups in total. The summed E-state index contributed by atoms with van der Waals surface area (Å²) >= 11 is 0. The molecule has 0 spiro atoms. The normalized spacial score (nSPS) is 22.2. The largest absolute Gasteiger partial charge is 0.317 e. The molecule has 13 heavy (non-hydrogen) atoms. The van der Waals surface area contributed by atoms with Gasteiger partial charge in [0.2, 0.25) is 0 Å². The lowest BCUT2D eigenvalue weighted by Gasteiger charge is -2.45. The zero-order valence-corrected chi connectivity index (χ0v) is 9.14. The lowest BCUT2D eigenvalue weighted by Crippen LogP contribution is -2.53. The van der Waals surface area contributed by atoms with Crippen molar-refractivity contribution in [2.75, 3.05) is 20.1 Å². The quantitative estimate of drug-likeness (QED) is 0.667. The van der Waals surface area contributed by atoms with Crippen LogP contribution in [0.4, 0.5) is 0 Å². The van der Waals surface area contributed by atoms with E-state index in [2.05, 4.69) is 43.8 Å². The Kier molecular flexibility index (Phi) is 3.51. The SMILES string of the molecule is C=CC1(N(C)C(C)C)CCNCC1. The Morgan fingerprint density at radius 1 is 1.38 bits per heavy atom. The summed E-state index contributed by atoms with van der Waals surface area (Å²) in [5.41, 5.74) is 0.236. The Labute approximate surface area is 82.0 Å². The summed E-state index contributed by atoms with van der Waals surface area (Å²) in [6.45, 7) is 10.7. The average molecular weight is 182 g/mol. The van der Waals surface area contributed by atoms with E-state index in [4.69, 9.17) is 0 Å². The highest BCUT2D eigenvalue weighted by atomic mass is 15.2. The molecule has 2 nitrogen and oxygen atoms in total. The van der Waals surface area contributed by atoms with Crippen LogP contribution in [0.3, 0.4) is 0 Å². The molecule has 0 atom stereocenters. The van der Waals surface area contributed by atoms with Crippen LogP contribution in [0.2, 0.25) is 0 Å². The second-order valence-electron chi connectivity index (χ2n) is 4.26. The number of rotatable bonds is 3. The van der Waals surface area contributed by atoms with Crippen LogP contribution >= 0.6 is 0 Å². The molecule has 1 aliphatic heterocycles. The summed E-state index contributed by atoms with van der Waals surface area (Å²) in [7, 11) is 2.21. The van der Waals surface area contributed by atoms with Gasteiger partial charge in [0.05, 0.1) is 0 Å². The van der Waals surface area contributed by atoms with Crippen LogP contribution in [0.15, 0.2) is 12.7 Å². The molecule has 1 rings (SSSR count). The summed E-state index contributed by atoms with van der Waals surface area (Å²) in [5.74, 6) is 0. The number of nitrogens with zero attached hydrogens (tertiary/aromatic N) is 1. The summed E-state index contributed by atoms with van der Waals surface area (Å²) in [6, 6.07) is 0.594. The molecule has 0 aromatic carbocycles. The maximum absolute atomic E-state index is 3.99. The van der Waals surface area contributed by atoms with Gasteiger partial charge in [0.25, 0.3) is 0 Å². The van der Waals surface area contributed by atoms with E-state index in [-0.39, 0.29) is 5.54 Å². The van der Waals surface area contributed by atoms with E-state index in [9.17, 15) is 0 Å². The molecule has 0 aliphatic carbocycles. The lowest BCUT2D eigenvalue weighted by molar-refractivity contribution is 0.0968. The highest BCUT2D eigenvalue weighted by molar-refractivity contribution is 5.06. The van der Waals surface area contributed by atoms with Crippen molar-refractivity contribution in [1.29, 1.82) is 0 Å². The van der Waals surface area contributed by atoms with Crippen molar-refractivity contribution < 1.29 is 0 Å². The van der Waals surface area contributed by atoms with Crippen molar-refractivity contribution in [3.63, 3.8) is 0 Å². The number of hydrogen-bond donors (Lipinski definition) is 1. The van der Waals surface area contributed by atoms with Crippen LogP contribution in [0.25, 0.3) is 0 Å². The fourth-order valence-corrected chi connectivity index (χ4v) is 2.07. The van der Waals surface area contributed by atoms with E-state index in [0.29, 0.717) is 6.04 Å². The average Bonchev–Trinajstić information content (AvgIpc) is 2.17.